The molecule has 0 fully saturated rings. The van der Waals surface area contributed by atoms with E-state index in [4.69, 9.17) is 9.26 Å². The third kappa shape index (κ3) is 3.31. The summed E-state index contributed by atoms with van der Waals surface area (Å²) >= 11 is 0. The molecule has 5 rings (SSSR count). The van der Waals surface area contributed by atoms with Crippen molar-refractivity contribution >= 4 is 11.0 Å². The van der Waals surface area contributed by atoms with Crippen molar-refractivity contribution in [1.29, 1.82) is 0 Å². The number of hydrogen-bond donors (Lipinski definition) is 2. The predicted octanol–water partition coefficient (Wildman–Crippen LogP) is 3.20. The summed E-state index contributed by atoms with van der Waals surface area (Å²) in [4.78, 5) is 19.9. The molecule has 3 heterocycles. The van der Waals surface area contributed by atoms with Crippen molar-refractivity contribution in [3.8, 4) is 34.3 Å². The third-order valence-electron chi connectivity index (χ3n) is 4.93. The second-order valence-electron chi connectivity index (χ2n) is 6.88. The van der Waals surface area contributed by atoms with Gasteiger partial charge in [-0.1, -0.05) is 47.6 Å². The van der Waals surface area contributed by atoms with Gasteiger partial charge >= 0.3 is 0 Å². The maximum Gasteiger partial charge on any atom is 0.267 e. The van der Waals surface area contributed by atoms with Gasteiger partial charge in [0.15, 0.2) is 0 Å². The summed E-state index contributed by atoms with van der Waals surface area (Å²) in [5.74, 6) is 0.553. The number of aromatic hydroxyl groups is 1. The number of ether oxygens (including phenoxy) is 1. The number of nitrogens with zero attached hydrogens (tertiary/aromatic N) is 4. The molecule has 0 aliphatic carbocycles. The van der Waals surface area contributed by atoms with E-state index in [1.54, 1.807) is 36.1 Å². The minimum atomic E-state index is -0.555. The molecule has 0 amide bonds. The van der Waals surface area contributed by atoms with Crippen molar-refractivity contribution < 1.29 is 14.4 Å². The largest absolute Gasteiger partial charge is 0.506 e. The first kappa shape index (κ1) is 18.6. The number of nitrogens with one attached hydrogen (secondary N) is 1. The lowest BCUT2D eigenvalue weighted by Crippen LogP contribution is -2.12. The Morgan fingerprint density at radius 2 is 2.00 bits per heavy atom. The lowest BCUT2D eigenvalue weighted by atomic mass is 10.2. The van der Waals surface area contributed by atoms with Crippen molar-refractivity contribution in [3.05, 3.63) is 76.7 Å². The van der Waals surface area contributed by atoms with Gasteiger partial charge in [0.05, 0.1) is 25.2 Å². The summed E-state index contributed by atoms with van der Waals surface area (Å²) in [6, 6.07) is 16.8. The summed E-state index contributed by atoms with van der Waals surface area (Å²) in [5, 5.41) is 19.4. The van der Waals surface area contributed by atoms with Crippen LogP contribution in [0.4, 0.5) is 0 Å². The van der Waals surface area contributed by atoms with Crippen LogP contribution in [0, 0.1) is 0 Å². The van der Waals surface area contributed by atoms with Crippen molar-refractivity contribution in [3.63, 3.8) is 0 Å². The highest BCUT2D eigenvalue weighted by Crippen LogP contribution is 2.32. The van der Waals surface area contributed by atoms with Crippen LogP contribution < -0.4 is 10.3 Å². The predicted molar refractivity (Wildman–Crippen MR) is 113 cm³/mol. The molecule has 3 aromatic heterocycles. The van der Waals surface area contributed by atoms with E-state index in [-0.39, 0.29) is 23.0 Å². The van der Waals surface area contributed by atoms with E-state index in [0.717, 1.165) is 5.56 Å². The lowest BCUT2D eigenvalue weighted by molar-refractivity contribution is 0.414. The molecule has 0 radical (unpaired) electrons. The molecule has 2 aromatic carbocycles. The highest BCUT2D eigenvalue weighted by Gasteiger charge is 2.22. The summed E-state index contributed by atoms with van der Waals surface area (Å²) in [6.07, 6.45) is 1.49. The molecule has 154 valence electrons. The minimum absolute atomic E-state index is 0.0886. The number of fused-ring (bicyclic) bond motifs is 1. The fourth-order valence-electron chi connectivity index (χ4n) is 3.38. The summed E-state index contributed by atoms with van der Waals surface area (Å²) < 4.78 is 12.1. The average Bonchev–Trinajstić information content (AvgIpc) is 3.43. The van der Waals surface area contributed by atoms with E-state index in [0.29, 0.717) is 28.9 Å². The number of methoxy groups -OCH3 is 1. The number of H-pyrrole nitrogens is 1. The van der Waals surface area contributed by atoms with Crippen LogP contribution in [0.15, 0.2) is 70.1 Å². The van der Waals surface area contributed by atoms with Crippen molar-refractivity contribution in [2.75, 3.05) is 7.11 Å². The van der Waals surface area contributed by atoms with Gasteiger partial charge in [-0.2, -0.15) is 10.1 Å². The van der Waals surface area contributed by atoms with E-state index in [2.05, 4.69) is 20.2 Å². The van der Waals surface area contributed by atoms with E-state index in [1.165, 1.54) is 6.20 Å². The molecule has 9 nitrogen and oxygen atoms in total. The number of aromatic amines is 1. The van der Waals surface area contributed by atoms with Gasteiger partial charge in [-0.3, -0.25) is 4.79 Å². The molecule has 5 aromatic rings. The second-order valence-corrected chi connectivity index (χ2v) is 6.88. The summed E-state index contributed by atoms with van der Waals surface area (Å²) in [6.45, 7) is 0.444. The summed E-state index contributed by atoms with van der Waals surface area (Å²) in [7, 11) is 1.56. The molecule has 0 bridgehead atoms. The van der Waals surface area contributed by atoms with E-state index in [9.17, 15) is 9.90 Å². The third-order valence-corrected chi connectivity index (χ3v) is 4.93. The fraction of sp³-hybridized carbons (Fsp3) is 0.0909. The Labute approximate surface area is 175 Å². The van der Waals surface area contributed by atoms with Gasteiger partial charge in [0.1, 0.15) is 22.7 Å². The molecule has 0 saturated carbocycles. The van der Waals surface area contributed by atoms with Gasteiger partial charge < -0.3 is 19.4 Å². The lowest BCUT2D eigenvalue weighted by Gasteiger charge is -2.05. The van der Waals surface area contributed by atoms with Gasteiger partial charge in [-0.05, 0) is 17.7 Å². The Morgan fingerprint density at radius 1 is 1.16 bits per heavy atom. The van der Waals surface area contributed by atoms with Crippen molar-refractivity contribution in [2.24, 2.45) is 0 Å². The first-order valence-corrected chi connectivity index (χ1v) is 9.47. The maximum atomic E-state index is 12.8. The molecule has 0 spiro atoms. The SMILES string of the molecule is COc1cccc(-c2noc(-c3c(O)c4cnn(Cc5ccccc5)c4[nH]c3=O)n2)c1. The average molecular weight is 415 g/mol. The van der Waals surface area contributed by atoms with E-state index < -0.39 is 5.56 Å². The Hall–Kier alpha value is -4.40. The topological polar surface area (TPSA) is 119 Å². The van der Waals surface area contributed by atoms with Crippen molar-refractivity contribution in [2.45, 2.75) is 6.54 Å². The Bertz CT molecular complexity index is 1440. The quantitative estimate of drug-likeness (QED) is 0.452. The molecule has 0 unspecified atom stereocenters. The van der Waals surface area contributed by atoms with Gasteiger partial charge in [-0.25, -0.2) is 4.68 Å². The first-order valence-electron chi connectivity index (χ1n) is 9.47. The molecule has 0 saturated heterocycles. The van der Waals surface area contributed by atoms with Crippen LogP contribution in [0.5, 0.6) is 11.5 Å². The van der Waals surface area contributed by atoms with Crippen molar-refractivity contribution in [1.82, 2.24) is 24.9 Å². The Morgan fingerprint density at radius 3 is 2.81 bits per heavy atom. The fourth-order valence-corrected chi connectivity index (χ4v) is 3.38. The monoisotopic (exact) mass is 415 g/mol. The zero-order valence-corrected chi connectivity index (χ0v) is 16.4. The number of aromatic nitrogens is 5. The van der Waals surface area contributed by atoms with Crippen LogP contribution >= 0.6 is 0 Å². The zero-order chi connectivity index (χ0) is 21.4. The van der Waals surface area contributed by atoms with Gasteiger partial charge in [0.25, 0.3) is 11.4 Å². The van der Waals surface area contributed by atoms with Crippen LogP contribution in [-0.4, -0.2) is 37.1 Å². The normalized spacial score (nSPS) is 11.1. The zero-order valence-electron chi connectivity index (χ0n) is 16.4. The van der Waals surface area contributed by atoms with Gasteiger partial charge in [0, 0.05) is 5.56 Å². The van der Waals surface area contributed by atoms with Crippen LogP contribution in [0.25, 0.3) is 33.9 Å². The molecular formula is C22H17N5O4. The highest BCUT2D eigenvalue weighted by molar-refractivity contribution is 5.88. The number of benzene rings is 2. The molecule has 0 atom stereocenters. The maximum absolute atomic E-state index is 12.8. The Balaban J connectivity index is 1.55. The first-order chi connectivity index (χ1) is 15.1. The molecule has 9 heteroatoms. The standard InChI is InChI=1S/C22H17N5O4/c1-30-15-9-5-8-14(10-15)19-24-22(31-26-19)17-18(28)16-11-23-27(20(16)25-21(17)29)12-13-6-3-2-4-7-13/h2-11H,12H2,1H3,(H2,25,28,29). The van der Waals surface area contributed by atoms with Crippen LogP contribution in [-0.2, 0) is 6.54 Å². The molecule has 31 heavy (non-hydrogen) atoms. The van der Waals surface area contributed by atoms with Crippen LogP contribution in [0.3, 0.4) is 0 Å². The number of rotatable bonds is 5. The van der Waals surface area contributed by atoms with Gasteiger partial charge in [0.2, 0.25) is 5.82 Å². The van der Waals surface area contributed by atoms with E-state index in [1.807, 2.05) is 30.3 Å². The number of hydrogen-bond acceptors (Lipinski definition) is 7. The molecule has 0 aliphatic rings. The van der Waals surface area contributed by atoms with E-state index >= 15 is 0 Å². The second kappa shape index (κ2) is 7.45. The summed E-state index contributed by atoms with van der Waals surface area (Å²) in [5.41, 5.74) is 1.41. The van der Waals surface area contributed by atoms with Crippen LogP contribution in [0.2, 0.25) is 0 Å². The Kier molecular flexibility index (Phi) is 4.47. The van der Waals surface area contributed by atoms with Gasteiger partial charge in [-0.15, -0.1) is 0 Å². The smallest absolute Gasteiger partial charge is 0.267 e. The number of pyridine rings is 1. The molecular weight excluding hydrogens is 398 g/mol. The highest BCUT2D eigenvalue weighted by atomic mass is 16.5. The molecule has 2 N–H and O–H groups in total. The van der Waals surface area contributed by atoms with Crippen LogP contribution in [0.1, 0.15) is 5.56 Å². The molecule has 0 aliphatic heterocycles. The minimum Gasteiger partial charge on any atom is -0.506 e.